The number of carbonyl (C=O) groups excluding carboxylic acids is 1. The lowest BCUT2D eigenvalue weighted by molar-refractivity contribution is 0.102. The zero-order valence-electron chi connectivity index (χ0n) is 14.1. The lowest BCUT2D eigenvalue weighted by Crippen LogP contribution is -2.16. The Morgan fingerprint density at radius 2 is 2.07 bits per heavy atom. The Balaban J connectivity index is 1.68. The van der Waals surface area contributed by atoms with Crippen LogP contribution in [0.2, 0.25) is 5.02 Å². The number of nitrogens with one attached hydrogen (secondary N) is 2. The number of halogens is 2. The monoisotopic (exact) mass is 424 g/mol. The molecule has 2 N–H and O–H groups in total. The number of hydrogen-bond acceptors (Lipinski definition) is 8. The molecule has 0 unspecified atom stereocenters. The summed E-state index contributed by atoms with van der Waals surface area (Å²) in [5.74, 6) is 0.283. The van der Waals surface area contributed by atoms with Crippen LogP contribution < -0.4 is 10.6 Å². The Hall–Kier alpha value is -2.30. The van der Waals surface area contributed by atoms with E-state index in [1.165, 1.54) is 41.4 Å². The van der Waals surface area contributed by atoms with Gasteiger partial charge in [0.25, 0.3) is 5.91 Å². The highest BCUT2D eigenvalue weighted by Gasteiger charge is 2.16. The number of nitrogens with zero attached hydrogens (tertiary/aromatic N) is 4. The van der Waals surface area contributed by atoms with Crippen molar-refractivity contribution >= 4 is 51.7 Å². The second-order valence-electron chi connectivity index (χ2n) is 5.13. The van der Waals surface area contributed by atoms with Gasteiger partial charge < -0.3 is 5.32 Å². The third-order valence-electron chi connectivity index (χ3n) is 3.22. The quantitative estimate of drug-likeness (QED) is 0.435. The topological polar surface area (TPSA) is 92.7 Å². The highest BCUT2D eigenvalue weighted by Crippen LogP contribution is 2.25. The predicted molar refractivity (Wildman–Crippen MR) is 105 cm³/mol. The van der Waals surface area contributed by atoms with Gasteiger partial charge in [0.2, 0.25) is 11.1 Å². The molecule has 11 heteroatoms. The number of carbonyl (C=O) groups is 1. The molecule has 0 aliphatic heterocycles. The van der Waals surface area contributed by atoms with E-state index in [0.29, 0.717) is 11.7 Å². The first-order chi connectivity index (χ1) is 13.0. The molecule has 2 heterocycles. The van der Waals surface area contributed by atoms with Gasteiger partial charge in [0.15, 0.2) is 10.0 Å². The van der Waals surface area contributed by atoms with Crippen molar-refractivity contribution in [3.05, 3.63) is 52.6 Å². The molecule has 0 spiro atoms. The summed E-state index contributed by atoms with van der Waals surface area (Å²) in [5, 5.41) is 14.0. The van der Waals surface area contributed by atoms with E-state index < -0.39 is 5.91 Å². The van der Waals surface area contributed by atoms with Gasteiger partial charge >= 0.3 is 0 Å². The van der Waals surface area contributed by atoms with Crippen molar-refractivity contribution in [2.24, 2.45) is 0 Å². The molecule has 3 aromatic rings. The van der Waals surface area contributed by atoms with Gasteiger partial charge in [-0.25, -0.2) is 14.4 Å². The summed E-state index contributed by atoms with van der Waals surface area (Å²) in [4.78, 5) is 20.7. The Bertz CT molecular complexity index is 937. The Kier molecular flexibility index (Phi) is 6.54. The minimum absolute atomic E-state index is 0.0215. The van der Waals surface area contributed by atoms with Crippen molar-refractivity contribution in [3.8, 4) is 0 Å². The molecular weight excluding hydrogens is 411 g/mol. The lowest BCUT2D eigenvalue weighted by atomic mass is 10.2. The lowest BCUT2D eigenvalue weighted by Gasteiger charge is -2.08. The second-order valence-corrected chi connectivity index (χ2v) is 8.03. The van der Waals surface area contributed by atoms with E-state index >= 15 is 0 Å². The average Bonchev–Trinajstić information content (AvgIpc) is 3.09. The van der Waals surface area contributed by atoms with E-state index in [2.05, 4.69) is 30.8 Å². The molecule has 140 valence electrons. The van der Waals surface area contributed by atoms with Crippen LogP contribution in [-0.4, -0.2) is 31.8 Å². The molecule has 0 aliphatic carbocycles. The van der Waals surface area contributed by atoms with E-state index in [1.54, 1.807) is 12.1 Å². The highest BCUT2D eigenvalue weighted by molar-refractivity contribution is 8.01. The van der Waals surface area contributed by atoms with Crippen molar-refractivity contribution in [1.82, 2.24) is 20.2 Å². The van der Waals surface area contributed by atoms with Crippen LogP contribution in [0.3, 0.4) is 0 Å². The number of rotatable bonds is 7. The number of amides is 1. The highest BCUT2D eigenvalue weighted by atomic mass is 35.5. The number of aromatic nitrogens is 4. The Morgan fingerprint density at radius 3 is 2.81 bits per heavy atom. The maximum Gasteiger partial charge on any atom is 0.277 e. The minimum Gasteiger partial charge on any atom is -0.350 e. The maximum atomic E-state index is 12.9. The molecule has 0 saturated heterocycles. The first-order valence-corrected chi connectivity index (χ1v) is 10.0. The molecule has 0 aliphatic rings. The summed E-state index contributed by atoms with van der Waals surface area (Å²) in [6.07, 6.45) is 1.34. The molecule has 0 radical (unpaired) electrons. The minimum atomic E-state index is -0.503. The summed E-state index contributed by atoms with van der Waals surface area (Å²) >= 11 is 8.87. The van der Waals surface area contributed by atoms with Crippen molar-refractivity contribution in [2.75, 3.05) is 16.4 Å². The first kappa shape index (κ1) is 19.5. The summed E-state index contributed by atoms with van der Waals surface area (Å²) in [6, 6.07) is 6.03. The smallest absolute Gasteiger partial charge is 0.277 e. The second kappa shape index (κ2) is 9.07. The molecule has 2 aromatic heterocycles. The molecule has 3 rings (SSSR count). The van der Waals surface area contributed by atoms with Crippen LogP contribution >= 0.6 is 34.7 Å². The van der Waals surface area contributed by atoms with Crippen LogP contribution in [-0.2, 0) is 6.54 Å². The van der Waals surface area contributed by atoms with Crippen molar-refractivity contribution in [1.29, 1.82) is 0 Å². The van der Waals surface area contributed by atoms with Crippen molar-refractivity contribution in [3.63, 3.8) is 0 Å². The SMILES string of the molecule is CCSc1nnc(NC(=O)c2nc(NCc3ccc(F)cc3)ncc2Cl)s1. The first-order valence-electron chi connectivity index (χ1n) is 7.83. The van der Waals surface area contributed by atoms with E-state index in [0.717, 1.165) is 15.7 Å². The van der Waals surface area contributed by atoms with Crippen LogP contribution in [0.4, 0.5) is 15.5 Å². The number of anilines is 2. The fourth-order valence-electron chi connectivity index (χ4n) is 1.99. The van der Waals surface area contributed by atoms with Crippen LogP contribution in [0.25, 0.3) is 0 Å². The number of hydrogen-bond donors (Lipinski definition) is 2. The van der Waals surface area contributed by atoms with Gasteiger partial charge in [-0.2, -0.15) is 0 Å². The van der Waals surface area contributed by atoms with E-state index in [9.17, 15) is 9.18 Å². The van der Waals surface area contributed by atoms with Crippen LogP contribution in [0, 0.1) is 5.82 Å². The molecule has 1 amide bonds. The fraction of sp³-hybridized carbons (Fsp3) is 0.188. The van der Waals surface area contributed by atoms with Gasteiger partial charge in [0.1, 0.15) is 5.82 Å². The predicted octanol–water partition coefficient (Wildman–Crippen LogP) is 4.10. The van der Waals surface area contributed by atoms with Crippen molar-refractivity contribution < 1.29 is 9.18 Å². The molecule has 0 saturated carbocycles. The Morgan fingerprint density at radius 1 is 1.30 bits per heavy atom. The molecule has 0 fully saturated rings. The van der Waals surface area contributed by atoms with Gasteiger partial charge in [0, 0.05) is 6.54 Å². The van der Waals surface area contributed by atoms with E-state index in [1.807, 2.05) is 6.92 Å². The molecule has 0 atom stereocenters. The summed E-state index contributed by atoms with van der Waals surface area (Å²) in [6.45, 7) is 2.38. The third kappa shape index (κ3) is 5.34. The summed E-state index contributed by atoms with van der Waals surface area (Å²) < 4.78 is 13.7. The van der Waals surface area contributed by atoms with E-state index in [-0.39, 0.29) is 22.5 Å². The molecule has 1 aromatic carbocycles. The zero-order chi connectivity index (χ0) is 19.2. The normalized spacial score (nSPS) is 10.6. The number of thioether (sulfide) groups is 1. The standard InChI is InChI=1S/C16H14ClFN6OS2/c1-2-26-16-24-23-15(27-16)22-13(25)12-11(17)8-20-14(21-12)19-7-9-3-5-10(18)6-4-9/h3-6,8H,2,7H2,1H3,(H,19,20,21)(H,22,23,25). The Labute approximate surface area is 167 Å². The third-order valence-corrected chi connectivity index (χ3v) is 5.35. The summed E-state index contributed by atoms with van der Waals surface area (Å²) in [7, 11) is 0. The maximum absolute atomic E-state index is 12.9. The van der Waals surface area contributed by atoms with Crippen LogP contribution in [0.15, 0.2) is 34.8 Å². The molecular formula is C16H14ClFN6OS2. The van der Waals surface area contributed by atoms with E-state index in [4.69, 9.17) is 11.6 Å². The van der Waals surface area contributed by atoms with Crippen molar-refractivity contribution in [2.45, 2.75) is 17.8 Å². The van der Waals surface area contributed by atoms with Gasteiger partial charge in [0.05, 0.1) is 11.2 Å². The van der Waals surface area contributed by atoms with Gasteiger partial charge in [-0.15, -0.1) is 10.2 Å². The van der Waals surface area contributed by atoms with Gasteiger partial charge in [-0.05, 0) is 23.4 Å². The average molecular weight is 425 g/mol. The summed E-state index contributed by atoms with van der Waals surface area (Å²) in [5.41, 5.74) is 0.865. The van der Waals surface area contributed by atoms with Gasteiger partial charge in [-0.1, -0.05) is 53.8 Å². The largest absolute Gasteiger partial charge is 0.350 e. The fourth-order valence-corrected chi connectivity index (χ4v) is 3.81. The molecule has 0 bridgehead atoms. The zero-order valence-corrected chi connectivity index (χ0v) is 16.5. The number of benzene rings is 1. The van der Waals surface area contributed by atoms with Crippen LogP contribution in [0.5, 0.6) is 0 Å². The van der Waals surface area contributed by atoms with Crippen LogP contribution in [0.1, 0.15) is 23.0 Å². The molecule has 27 heavy (non-hydrogen) atoms. The molecule has 7 nitrogen and oxygen atoms in total. The van der Waals surface area contributed by atoms with Gasteiger partial charge in [-0.3, -0.25) is 10.1 Å².